The number of fused-ring (bicyclic) bond motifs is 1. The number of nitrogens with one attached hydrogen (secondary N) is 2. The van der Waals surface area contributed by atoms with Crippen LogP contribution >= 0.6 is 11.9 Å². The highest BCUT2D eigenvalue weighted by Gasteiger charge is 2.21. The number of aromatic amines is 1. The van der Waals surface area contributed by atoms with Gasteiger partial charge in [-0.1, -0.05) is 6.07 Å². The maximum Gasteiger partial charge on any atom is 0.262 e. The molecule has 0 saturated carbocycles. The summed E-state index contributed by atoms with van der Waals surface area (Å²) >= 11 is 1.34. The van der Waals surface area contributed by atoms with E-state index >= 15 is 0 Å². The predicted octanol–water partition coefficient (Wildman–Crippen LogP) is 4.92. The van der Waals surface area contributed by atoms with E-state index in [1.54, 1.807) is 24.7 Å². The zero-order chi connectivity index (χ0) is 17.3. The number of H-pyrrole nitrogens is 1. The van der Waals surface area contributed by atoms with Crippen LogP contribution in [0.3, 0.4) is 0 Å². The van der Waals surface area contributed by atoms with E-state index in [0.717, 1.165) is 34.0 Å². The molecule has 0 unspecified atom stereocenters. The van der Waals surface area contributed by atoms with Gasteiger partial charge in [0.1, 0.15) is 6.07 Å². The van der Waals surface area contributed by atoms with Gasteiger partial charge in [-0.05, 0) is 36.6 Å². The molecule has 0 amide bonds. The highest BCUT2D eigenvalue weighted by atomic mass is 32.2. The fraction of sp³-hybridized carbons (Fsp3) is 0.235. The second kappa shape index (κ2) is 6.21. The highest BCUT2D eigenvalue weighted by Crippen LogP contribution is 2.31. The number of anilines is 1. The van der Waals surface area contributed by atoms with Crippen molar-refractivity contribution in [1.82, 2.24) is 9.55 Å². The summed E-state index contributed by atoms with van der Waals surface area (Å²) in [6.45, 7) is 2.52. The molecular formula is C17H16F2N4S. The summed E-state index contributed by atoms with van der Waals surface area (Å²) in [7, 11) is 0. The number of nitriles is 1. The first-order chi connectivity index (χ1) is 11.4. The quantitative estimate of drug-likeness (QED) is 0.645. The Kier molecular flexibility index (Phi) is 4.24. The number of alkyl halides is 2. The number of hydrogen-bond donors (Lipinski definition) is 2. The van der Waals surface area contributed by atoms with Gasteiger partial charge in [0.05, 0.1) is 23.3 Å². The maximum atomic E-state index is 13.0. The van der Waals surface area contributed by atoms with Crippen LogP contribution in [0.25, 0.3) is 10.9 Å². The fourth-order valence-electron chi connectivity index (χ4n) is 2.61. The Hall–Kier alpha value is -2.46. The van der Waals surface area contributed by atoms with Gasteiger partial charge in [0.15, 0.2) is 0 Å². The number of halogens is 2. The average molecular weight is 346 g/mol. The van der Waals surface area contributed by atoms with Gasteiger partial charge >= 0.3 is 0 Å². The van der Waals surface area contributed by atoms with Crippen LogP contribution in [0.5, 0.6) is 0 Å². The van der Waals surface area contributed by atoms with E-state index in [0.29, 0.717) is 5.56 Å². The Labute approximate surface area is 142 Å². The first kappa shape index (κ1) is 16.4. The van der Waals surface area contributed by atoms with Gasteiger partial charge in [-0.2, -0.15) is 5.26 Å². The third-order valence-electron chi connectivity index (χ3n) is 3.63. The molecule has 0 atom stereocenters. The molecule has 0 aliphatic heterocycles. The summed E-state index contributed by atoms with van der Waals surface area (Å²) in [6.07, 6.45) is 5.00. The summed E-state index contributed by atoms with van der Waals surface area (Å²) in [5.74, 6) is -2.74. The molecular weight excluding hydrogens is 330 g/mol. The van der Waals surface area contributed by atoms with E-state index in [1.807, 2.05) is 19.1 Å². The van der Waals surface area contributed by atoms with Crippen LogP contribution in [0.15, 0.2) is 41.7 Å². The Morgan fingerprint density at radius 2 is 2.17 bits per heavy atom. The van der Waals surface area contributed by atoms with E-state index in [-0.39, 0.29) is 6.54 Å². The third kappa shape index (κ3) is 3.39. The van der Waals surface area contributed by atoms with Crippen LogP contribution in [-0.2, 0) is 6.54 Å². The lowest BCUT2D eigenvalue weighted by Gasteiger charge is -2.10. The second-order valence-corrected chi connectivity index (χ2v) is 6.67. The molecule has 0 fully saturated rings. The SMILES string of the molecule is Cc1ccc(NSc2ccn(CC(C)(F)F)c2)c2[nH]cc(C#N)c12. The average Bonchev–Trinajstić information content (AvgIpc) is 3.12. The van der Waals surface area contributed by atoms with Gasteiger partial charge < -0.3 is 14.3 Å². The van der Waals surface area contributed by atoms with E-state index < -0.39 is 5.92 Å². The lowest BCUT2D eigenvalue weighted by atomic mass is 10.1. The number of hydrogen-bond acceptors (Lipinski definition) is 3. The van der Waals surface area contributed by atoms with Gasteiger partial charge in [-0.3, -0.25) is 0 Å². The van der Waals surface area contributed by atoms with Crippen LogP contribution in [0.2, 0.25) is 0 Å². The minimum atomic E-state index is -2.74. The Balaban J connectivity index is 1.78. The first-order valence-electron chi connectivity index (χ1n) is 7.34. The van der Waals surface area contributed by atoms with E-state index in [2.05, 4.69) is 15.8 Å². The smallest absolute Gasteiger partial charge is 0.262 e. The molecule has 1 aromatic carbocycles. The second-order valence-electron chi connectivity index (χ2n) is 5.79. The van der Waals surface area contributed by atoms with Gasteiger partial charge in [0, 0.05) is 35.8 Å². The van der Waals surface area contributed by atoms with Crippen molar-refractivity contribution in [2.75, 3.05) is 4.72 Å². The summed E-state index contributed by atoms with van der Waals surface area (Å²) in [4.78, 5) is 3.95. The summed E-state index contributed by atoms with van der Waals surface area (Å²) in [6, 6.07) is 7.84. The number of aromatic nitrogens is 2. The molecule has 7 heteroatoms. The minimum Gasteiger partial charge on any atom is -0.358 e. The van der Waals surface area contributed by atoms with E-state index in [4.69, 9.17) is 0 Å². The van der Waals surface area contributed by atoms with Crippen molar-refractivity contribution in [1.29, 1.82) is 5.26 Å². The predicted molar refractivity (Wildman–Crippen MR) is 92.3 cm³/mol. The Bertz CT molecular complexity index is 915. The molecule has 24 heavy (non-hydrogen) atoms. The number of benzene rings is 1. The van der Waals surface area contributed by atoms with E-state index in [9.17, 15) is 14.0 Å². The van der Waals surface area contributed by atoms with Gasteiger partial charge in [0.2, 0.25) is 0 Å². The molecule has 0 bridgehead atoms. The van der Waals surface area contributed by atoms with Crippen molar-refractivity contribution in [3.63, 3.8) is 0 Å². The monoisotopic (exact) mass is 346 g/mol. The zero-order valence-corrected chi connectivity index (χ0v) is 14.0. The molecule has 4 nitrogen and oxygen atoms in total. The van der Waals surface area contributed by atoms with Crippen LogP contribution in [0.1, 0.15) is 18.1 Å². The summed E-state index contributed by atoms with van der Waals surface area (Å²) in [5.41, 5.74) is 3.33. The lowest BCUT2D eigenvalue weighted by molar-refractivity contribution is 0.00394. The lowest BCUT2D eigenvalue weighted by Crippen LogP contribution is -2.17. The molecule has 0 radical (unpaired) electrons. The Morgan fingerprint density at radius 1 is 1.38 bits per heavy atom. The topological polar surface area (TPSA) is 56.5 Å². The minimum absolute atomic E-state index is 0.343. The largest absolute Gasteiger partial charge is 0.358 e. The molecule has 3 aromatic rings. The van der Waals surface area contributed by atoms with Gasteiger partial charge in [-0.15, -0.1) is 0 Å². The van der Waals surface area contributed by atoms with E-state index in [1.165, 1.54) is 16.5 Å². The van der Waals surface area contributed by atoms with Crippen LogP contribution in [0, 0.1) is 18.3 Å². The molecule has 0 saturated heterocycles. The van der Waals surface area contributed by atoms with Crippen molar-refractivity contribution >= 4 is 28.5 Å². The molecule has 2 N–H and O–H groups in total. The summed E-state index contributed by atoms with van der Waals surface area (Å²) < 4.78 is 30.8. The van der Waals surface area contributed by atoms with Gasteiger partial charge in [-0.25, -0.2) is 8.78 Å². The van der Waals surface area contributed by atoms with Crippen molar-refractivity contribution in [3.05, 3.63) is 47.9 Å². The highest BCUT2D eigenvalue weighted by molar-refractivity contribution is 8.00. The van der Waals surface area contributed by atoms with Gasteiger partial charge in [0.25, 0.3) is 5.92 Å². The normalized spacial score (nSPS) is 11.6. The molecule has 0 aliphatic carbocycles. The molecule has 2 aromatic heterocycles. The first-order valence-corrected chi connectivity index (χ1v) is 8.16. The molecule has 0 spiro atoms. The maximum absolute atomic E-state index is 13.0. The standard InChI is InChI=1S/C17H16F2N4S/c1-11-3-4-14(16-15(11)12(7-20)8-21-16)22-24-13-5-6-23(9-13)10-17(2,18)19/h3-6,8-9,21-22H,10H2,1-2H3. The fourth-order valence-corrected chi connectivity index (χ4v) is 3.32. The van der Waals surface area contributed by atoms with Crippen LogP contribution in [0.4, 0.5) is 14.5 Å². The van der Waals surface area contributed by atoms with Crippen molar-refractivity contribution in [2.45, 2.75) is 31.2 Å². The molecule has 3 rings (SSSR count). The molecule has 0 aliphatic rings. The number of nitrogens with zero attached hydrogens (tertiary/aromatic N) is 2. The van der Waals surface area contributed by atoms with Crippen molar-refractivity contribution in [3.8, 4) is 6.07 Å². The summed E-state index contributed by atoms with van der Waals surface area (Å²) in [5, 5.41) is 10.1. The Morgan fingerprint density at radius 3 is 2.88 bits per heavy atom. The van der Waals surface area contributed by atoms with Crippen molar-refractivity contribution in [2.24, 2.45) is 0 Å². The van der Waals surface area contributed by atoms with Crippen LogP contribution < -0.4 is 4.72 Å². The molecule has 124 valence electrons. The van der Waals surface area contributed by atoms with Crippen LogP contribution in [-0.4, -0.2) is 15.5 Å². The zero-order valence-electron chi connectivity index (χ0n) is 13.2. The van der Waals surface area contributed by atoms with Crippen molar-refractivity contribution < 1.29 is 8.78 Å². The third-order valence-corrected chi connectivity index (χ3v) is 4.43. The molecule has 2 heterocycles. The number of aryl methyl sites for hydroxylation is 1. The number of rotatable bonds is 5.